The Balaban J connectivity index is 2.78. The molecule has 0 aliphatic carbocycles. The van der Waals surface area contributed by atoms with E-state index >= 15 is 0 Å². The van der Waals surface area contributed by atoms with E-state index in [1.807, 2.05) is 0 Å². The van der Waals surface area contributed by atoms with Crippen LogP contribution in [0.25, 0.3) is 0 Å². The summed E-state index contributed by atoms with van der Waals surface area (Å²) in [4.78, 5) is 21.2. The maximum atomic E-state index is 11.0. The zero-order chi connectivity index (χ0) is 13.7. The Hall–Kier alpha value is -1.82. The third-order valence-corrected chi connectivity index (χ3v) is 2.71. The number of nitrogens with zero attached hydrogens (tertiary/aromatic N) is 1. The highest BCUT2D eigenvalue weighted by atomic mass is 35.5. The molecule has 7 heteroatoms. The lowest BCUT2D eigenvalue weighted by molar-refractivity contribution is -0.384. The summed E-state index contributed by atoms with van der Waals surface area (Å²) in [6, 6.07) is 2.73. The first-order valence-corrected chi connectivity index (χ1v) is 5.72. The standard InChI is InChI=1S/C11H14ClN3O3/c1-7-5-8(15(17)18)6-9(12)11(7)14-4-3-10(16)13-2/h5-6,14H,3-4H2,1-2H3,(H,13,16). The molecular weight excluding hydrogens is 258 g/mol. The zero-order valence-corrected chi connectivity index (χ0v) is 10.9. The molecule has 1 amide bonds. The number of halogens is 1. The lowest BCUT2D eigenvalue weighted by atomic mass is 10.1. The van der Waals surface area contributed by atoms with Crippen molar-refractivity contribution in [3.63, 3.8) is 0 Å². The number of nitrogens with one attached hydrogen (secondary N) is 2. The van der Waals surface area contributed by atoms with Crippen molar-refractivity contribution in [2.45, 2.75) is 13.3 Å². The van der Waals surface area contributed by atoms with Gasteiger partial charge in [-0.25, -0.2) is 0 Å². The lowest BCUT2D eigenvalue weighted by Gasteiger charge is -2.11. The van der Waals surface area contributed by atoms with Gasteiger partial charge in [-0.3, -0.25) is 14.9 Å². The molecule has 0 bridgehead atoms. The lowest BCUT2D eigenvalue weighted by Crippen LogP contribution is -2.21. The maximum absolute atomic E-state index is 11.0. The van der Waals surface area contributed by atoms with Gasteiger partial charge in [0.25, 0.3) is 5.69 Å². The van der Waals surface area contributed by atoms with Gasteiger partial charge in [0.05, 0.1) is 15.6 Å². The SMILES string of the molecule is CNC(=O)CCNc1c(C)cc([N+](=O)[O-])cc1Cl. The van der Waals surface area contributed by atoms with Crippen LogP contribution in [0.4, 0.5) is 11.4 Å². The van der Waals surface area contributed by atoms with Gasteiger partial charge in [-0.15, -0.1) is 0 Å². The van der Waals surface area contributed by atoms with E-state index in [9.17, 15) is 14.9 Å². The van der Waals surface area contributed by atoms with E-state index in [1.165, 1.54) is 12.1 Å². The molecule has 6 nitrogen and oxygen atoms in total. The normalized spacial score (nSPS) is 9.94. The molecule has 0 radical (unpaired) electrons. The smallest absolute Gasteiger partial charge is 0.271 e. The third kappa shape index (κ3) is 3.59. The highest BCUT2D eigenvalue weighted by Gasteiger charge is 2.13. The number of hydrogen-bond acceptors (Lipinski definition) is 4. The largest absolute Gasteiger partial charge is 0.383 e. The van der Waals surface area contributed by atoms with E-state index in [2.05, 4.69) is 10.6 Å². The predicted octanol–water partition coefficient (Wildman–Crippen LogP) is 2.10. The molecule has 1 rings (SSSR count). The summed E-state index contributed by atoms with van der Waals surface area (Å²) in [6.07, 6.45) is 0.309. The fourth-order valence-electron chi connectivity index (χ4n) is 1.48. The third-order valence-electron chi connectivity index (χ3n) is 2.42. The number of benzene rings is 1. The van der Waals surface area contributed by atoms with Gasteiger partial charge >= 0.3 is 0 Å². The predicted molar refractivity (Wildman–Crippen MR) is 70.0 cm³/mol. The van der Waals surface area contributed by atoms with Crippen molar-refractivity contribution >= 4 is 28.9 Å². The van der Waals surface area contributed by atoms with E-state index in [4.69, 9.17) is 11.6 Å². The fourth-order valence-corrected chi connectivity index (χ4v) is 1.81. The van der Waals surface area contributed by atoms with E-state index in [1.54, 1.807) is 14.0 Å². The van der Waals surface area contributed by atoms with E-state index in [0.717, 1.165) is 0 Å². The number of carbonyl (C=O) groups excluding carboxylic acids is 1. The highest BCUT2D eigenvalue weighted by molar-refractivity contribution is 6.33. The Morgan fingerprint density at radius 3 is 2.67 bits per heavy atom. The quantitative estimate of drug-likeness (QED) is 0.634. The molecule has 1 aromatic rings. The Labute approximate surface area is 109 Å². The number of non-ortho nitro benzene ring substituents is 1. The first kappa shape index (κ1) is 14.2. The zero-order valence-electron chi connectivity index (χ0n) is 10.1. The number of aryl methyl sites for hydroxylation is 1. The van der Waals surface area contributed by atoms with Crippen molar-refractivity contribution < 1.29 is 9.72 Å². The molecule has 98 valence electrons. The Kier molecular flexibility index (Phi) is 4.91. The van der Waals surface area contributed by atoms with Crippen molar-refractivity contribution in [3.8, 4) is 0 Å². The van der Waals surface area contributed by atoms with E-state index < -0.39 is 4.92 Å². The van der Waals surface area contributed by atoms with Crippen LogP contribution < -0.4 is 10.6 Å². The van der Waals surface area contributed by atoms with Crippen LogP contribution in [0.15, 0.2) is 12.1 Å². The summed E-state index contributed by atoms with van der Waals surface area (Å²) in [5.74, 6) is -0.0850. The molecule has 0 aliphatic rings. The molecular formula is C11H14ClN3O3. The van der Waals surface area contributed by atoms with Gasteiger partial charge in [0.1, 0.15) is 0 Å². The topological polar surface area (TPSA) is 84.3 Å². The van der Waals surface area contributed by atoms with Crippen molar-refractivity contribution in [2.24, 2.45) is 0 Å². The van der Waals surface area contributed by atoms with Gasteiger partial charge in [-0.1, -0.05) is 11.6 Å². The second-order valence-electron chi connectivity index (χ2n) is 3.73. The number of nitro benzene ring substituents is 1. The average molecular weight is 272 g/mol. The van der Waals surface area contributed by atoms with Crippen molar-refractivity contribution in [2.75, 3.05) is 18.9 Å². The van der Waals surface area contributed by atoms with Crippen LogP contribution in [0.3, 0.4) is 0 Å². The summed E-state index contributed by atoms with van der Waals surface area (Å²) in [7, 11) is 1.56. The summed E-state index contributed by atoms with van der Waals surface area (Å²) in [5, 5.41) is 16.4. The van der Waals surface area contributed by atoms with Crippen molar-refractivity contribution in [1.29, 1.82) is 0 Å². The van der Waals surface area contributed by atoms with Crippen LogP contribution in [0.2, 0.25) is 5.02 Å². The van der Waals surface area contributed by atoms with Gasteiger partial charge in [-0.2, -0.15) is 0 Å². The highest BCUT2D eigenvalue weighted by Crippen LogP contribution is 2.30. The van der Waals surface area contributed by atoms with Crippen LogP contribution in [0.5, 0.6) is 0 Å². The van der Waals surface area contributed by atoms with Crippen LogP contribution in [0.1, 0.15) is 12.0 Å². The maximum Gasteiger partial charge on any atom is 0.271 e. The Morgan fingerprint density at radius 2 is 2.17 bits per heavy atom. The number of rotatable bonds is 5. The first-order chi connectivity index (χ1) is 8.45. The van der Waals surface area contributed by atoms with E-state index in [-0.39, 0.29) is 16.6 Å². The van der Waals surface area contributed by atoms with Gasteiger partial charge < -0.3 is 10.6 Å². The van der Waals surface area contributed by atoms with Gasteiger partial charge in [0, 0.05) is 32.1 Å². The first-order valence-electron chi connectivity index (χ1n) is 5.34. The number of hydrogen-bond donors (Lipinski definition) is 2. The average Bonchev–Trinajstić information content (AvgIpc) is 2.31. The summed E-state index contributed by atoms with van der Waals surface area (Å²) < 4.78 is 0. The monoisotopic (exact) mass is 271 g/mol. The molecule has 1 aromatic carbocycles. The van der Waals surface area contributed by atoms with Crippen molar-refractivity contribution in [1.82, 2.24) is 5.32 Å². The fraction of sp³-hybridized carbons (Fsp3) is 0.364. The molecule has 0 saturated heterocycles. The minimum absolute atomic E-state index is 0.0469. The molecule has 0 atom stereocenters. The van der Waals surface area contributed by atoms with Crippen LogP contribution in [-0.2, 0) is 4.79 Å². The second kappa shape index (κ2) is 6.20. The number of anilines is 1. The van der Waals surface area contributed by atoms with Crippen LogP contribution >= 0.6 is 11.6 Å². The molecule has 18 heavy (non-hydrogen) atoms. The Morgan fingerprint density at radius 1 is 1.50 bits per heavy atom. The van der Waals surface area contributed by atoms with E-state index in [0.29, 0.717) is 24.2 Å². The molecule has 2 N–H and O–H groups in total. The summed E-state index contributed by atoms with van der Waals surface area (Å²) in [6.45, 7) is 2.14. The molecule has 0 unspecified atom stereocenters. The van der Waals surface area contributed by atoms with Crippen LogP contribution in [0, 0.1) is 17.0 Å². The molecule has 0 aliphatic heterocycles. The van der Waals surface area contributed by atoms with Gasteiger partial charge in [-0.05, 0) is 12.5 Å². The second-order valence-corrected chi connectivity index (χ2v) is 4.13. The molecule has 0 spiro atoms. The van der Waals surface area contributed by atoms with Crippen molar-refractivity contribution in [3.05, 3.63) is 32.8 Å². The molecule has 0 fully saturated rings. The van der Waals surface area contributed by atoms with Gasteiger partial charge in [0.15, 0.2) is 0 Å². The van der Waals surface area contributed by atoms with Gasteiger partial charge in [0.2, 0.25) is 5.91 Å². The number of nitro groups is 1. The minimum Gasteiger partial charge on any atom is -0.383 e. The Bertz CT molecular complexity index is 454. The molecule has 0 saturated carbocycles. The molecule has 0 heterocycles. The summed E-state index contributed by atoms with van der Waals surface area (Å²) in [5.41, 5.74) is 1.24. The summed E-state index contributed by atoms with van der Waals surface area (Å²) >= 11 is 5.96. The molecule has 0 aromatic heterocycles. The minimum atomic E-state index is -0.493. The number of carbonyl (C=O) groups is 1. The van der Waals surface area contributed by atoms with Crippen LogP contribution in [-0.4, -0.2) is 24.4 Å². The number of amides is 1.